The molecule has 108 valence electrons. The van der Waals surface area contributed by atoms with Crippen LogP contribution < -0.4 is 0 Å². The Morgan fingerprint density at radius 2 is 2.19 bits per heavy atom. The van der Waals surface area contributed by atoms with Gasteiger partial charge in [0.25, 0.3) is 0 Å². The van der Waals surface area contributed by atoms with Gasteiger partial charge in [0.05, 0.1) is 5.69 Å². The molecule has 1 aromatic carbocycles. The SMILES string of the molecule is CC1=N[C@]2(CCc3c(cccc3-c3ccnn3C)C2)CO1. The predicted octanol–water partition coefficient (Wildman–Crippen LogP) is 2.76. The van der Waals surface area contributed by atoms with Crippen LogP contribution in [0, 0.1) is 0 Å². The molecule has 0 saturated carbocycles. The third-order valence-corrected chi connectivity index (χ3v) is 4.67. The van der Waals surface area contributed by atoms with Gasteiger partial charge in [0.15, 0.2) is 5.90 Å². The topological polar surface area (TPSA) is 39.4 Å². The number of ether oxygens (including phenoxy) is 1. The molecule has 4 heteroatoms. The van der Waals surface area contributed by atoms with Crippen molar-refractivity contribution in [1.29, 1.82) is 0 Å². The second-order valence-electron chi connectivity index (χ2n) is 6.10. The highest BCUT2D eigenvalue weighted by Crippen LogP contribution is 2.38. The van der Waals surface area contributed by atoms with Crippen molar-refractivity contribution in [3.8, 4) is 11.3 Å². The van der Waals surface area contributed by atoms with Crippen molar-refractivity contribution in [1.82, 2.24) is 9.78 Å². The van der Waals surface area contributed by atoms with Gasteiger partial charge in [-0.05, 0) is 30.0 Å². The van der Waals surface area contributed by atoms with Crippen LogP contribution in [0.4, 0.5) is 0 Å². The van der Waals surface area contributed by atoms with Gasteiger partial charge in [-0.1, -0.05) is 18.2 Å². The van der Waals surface area contributed by atoms with Gasteiger partial charge in [0, 0.05) is 32.2 Å². The summed E-state index contributed by atoms with van der Waals surface area (Å²) < 4.78 is 7.56. The van der Waals surface area contributed by atoms with Gasteiger partial charge in [-0.15, -0.1) is 0 Å². The molecule has 1 aromatic heterocycles. The Morgan fingerprint density at radius 3 is 2.90 bits per heavy atom. The molecule has 1 spiro atoms. The predicted molar refractivity (Wildman–Crippen MR) is 82.5 cm³/mol. The molecule has 0 saturated heterocycles. The summed E-state index contributed by atoms with van der Waals surface area (Å²) in [5.41, 5.74) is 5.32. The lowest BCUT2D eigenvalue weighted by Gasteiger charge is -2.31. The highest BCUT2D eigenvalue weighted by Gasteiger charge is 2.39. The molecule has 4 nitrogen and oxygen atoms in total. The van der Waals surface area contributed by atoms with E-state index < -0.39 is 0 Å². The van der Waals surface area contributed by atoms with E-state index in [2.05, 4.69) is 29.4 Å². The first kappa shape index (κ1) is 12.6. The average Bonchev–Trinajstić information content (AvgIpc) is 3.05. The summed E-state index contributed by atoms with van der Waals surface area (Å²) in [5.74, 6) is 0.834. The highest BCUT2D eigenvalue weighted by molar-refractivity contribution is 5.76. The normalized spacial score (nSPS) is 23.8. The standard InChI is InChI=1S/C17H19N3O/c1-12-19-17(11-21-12)8-6-14-13(10-17)4-3-5-15(14)16-7-9-18-20(16)2/h3-5,7,9H,6,8,10-11H2,1-2H3/t17-/m0/s1. The number of benzene rings is 1. The Labute approximate surface area is 124 Å². The van der Waals surface area contributed by atoms with Crippen molar-refractivity contribution in [2.45, 2.75) is 31.7 Å². The van der Waals surface area contributed by atoms with Crippen LogP contribution in [0.3, 0.4) is 0 Å². The molecule has 0 bridgehead atoms. The van der Waals surface area contributed by atoms with E-state index in [0.29, 0.717) is 0 Å². The van der Waals surface area contributed by atoms with E-state index in [1.165, 1.54) is 22.4 Å². The molecule has 0 fully saturated rings. The van der Waals surface area contributed by atoms with E-state index in [9.17, 15) is 0 Å². The van der Waals surface area contributed by atoms with Crippen molar-refractivity contribution in [3.05, 3.63) is 41.6 Å². The minimum atomic E-state index is -0.0256. The Morgan fingerprint density at radius 1 is 1.29 bits per heavy atom. The van der Waals surface area contributed by atoms with Gasteiger partial charge in [-0.3, -0.25) is 4.68 Å². The third-order valence-electron chi connectivity index (χ3n) is 4.67. The van der Waals surface area contributed by atoms with E-state index >= 15 is 0 Å². The van der Waals surface area contributed by atoms with Crippen LogP contribution >= 0.6 is 0 Å². The molecule has 2 aliphatic rings. The number of rotatable bonds is 1. The highest BCUT2D eigenvalue weighted by atomic mass is 16.5. The number of hydrogen-bond donors (Lipinski definition) is 0. The van der Waals surface area contributed by atoms with Gasteiger partial charge in [0.2, 0.25) is 0 Å². The van der Waals surface area contributed by atoms with Crippen LogP contribution in [0.25, 0.3) is 11.3 Å². The van der Waals surface area contributed by atoms with Crippen LogP contribution in [-0.4, -0.2) is 27.8 Å². The monoisotopic (exact) mass is 281 g/mol. The summed E-state index contributed by atoms with van der Waals surface area (Å²) in [6.45, 7) is 2.69. The van der Waals surface area contributed by atoms with E-state index in [4.69, 9.17) is 9.73 Å². The number of nitrogens with zero attached hydrogens (tertiary/aromatic N) is 3. The molecule has 0 radical (unpaired) electrons. The molecule has 1 atom stereocenters. The Kier molecular flexibility index (Phi) is 2.67. The Balaban J connectivity index is 1.77. The molecular formula is C17H19N3O. The number of hydrogen-bond acceptors (Lipinski definition) is 3. The van der Waals surface area contributed by atoms with E-state index in [-0.39, 0.29) is 5.54 Å². The molecule has 4 rings (SSSR count). The molecule has 0 N–H and O–H groups in total. The van der Waals surface area contributed by atoms with E-state index in [1.807, 2.05) is 24.9 Å². The number of aromatic nitrogens is 2. The van der Waals surface area contributed by atoms with Crippen LogP contribution in [0.15, 0.2) is 35.5 Å². The van der Waals surface area contributed by atoms with Crippen LogP contribution in [0.5, 0.6) is 0 Å². The smallest absolute Gasteiger partial charge is 0.180 e. The fraction of sp³-hybridized carbons (Fsp3) is 0.412. The summed E-state index contributed by atoms with van der Waals surface area (Å²) in [4.78, 5) is 4.77. The Hall–Kier alpha value is -2.10. The first-order valence-electron chi connectivity index (χ1n) is 7.45. The first-order chi connectivity index (χ1) is 10.2. The molecule has 1 aliphatic carbocycles. The zero-order valence-electron chi connectivity index (χ0n) is 12.5. The van der Waals surface area contributed by atoms with Gasteiger partial charge in [-0.25, -0.2) is 4.99 Å². The first-order valence-corrected chi connectivity index (χ1v) is 7.45. The van der Waals surface area contributed by atoms with E-state index in [0.717, 1.165) is 31.8 Å². The summed E-state index contributed by atoms with van der Waals surface area (Å²) in [6, 6.07) is 8.67. The lowest BCUT2D eigenvalue weighted by Crippen LogP contribution is -2.35. The lowest BCUT2D eigenvalue weighted by molar-refractivity contribution is 0.236. The summed E-state index contributed by atoms with van der Waals surface area (Å²) in [6.07, 6.45) is 4.95. The molecule has 1 aliphatic heterocycles. The second kappa shape index (κ2) is 4.45. The maximum atomic E-state index is 5.62. The fourth-order valence-corrected chi connectivity index (χ4v) is 3.63. The summed E-state index contributed by atoms with van der Waals surface area (Å²) >= 11 is 0. The largest absolute Gasteiger partial charge is 0.479 e. The van der Waals surface area contributed by atoms with Gasteiger partial charge >= 0.3 is 0 Å². The van der Waals surface area contributed by atoms with Crippen molar-refractivity contribution in [3.63, 3.8) is 0 Å². The minimum Gasteiger partial charge on any atom is -0.479 e. The molecule has 0 unspecified atom stereocenters. The zero-order chi connectivity index (χ0) is 14.4. The number of aryl methyl sites for hydroxylation is 1. The van der Waals surface area contributed by atoms with Crippen molar-refractivity contribution in [2.24, 2.45) is 12.0 Å². The lowest BCUT2D eigenvalue weighted by atomic mass is 9.77. The van der Waals surface area contributed by atoms with Crippen molar-refractivity contribution >= 4 is 5.90 Å². The second-order valence-corrected chi connectivity index (χ2v) is 6.10. The van der Waals surface area contributed by atoms with Crippen LogP contribution in [0.2, 0.25) is 0 Å². The molecule has 0 amide bonds. The van der Waals surface area contributed by atoms with Crippen LogP contribution in [-0.2, 0) is 24.6 Å². The van der Waals surface area contributed by atoms with Crippen LogP contribution in [0.1, 0.15) is 24.5 Å². The minimum absolute atomic E-state index is 0.0256. The van der Waals surface area contributed by atoms with Crippen molar-refractivity contribution < 1.29 is 4.74 Å². The average molecular weight is 281 g/mol. The quantitative estimate of drug-likeness (QED) is 0.806. The molecule has 2 aromatic rings. The maximum absolute atomic E-state index is 5.62. The molecular weight excluding hydrogens is 262 g/mol. The number of aliphatic imine (C=N–C) groups is 1. The summed E-state index contributed by atoms with van der Waals surface area (Å²) in [7, 11) is 2.00. The fourth-order valence-electron chi connectivity index (χ4n) is 3.63. The van der Waals surface area contributed by atoms with Gasteiger partial charge < -0.3 is 4.74 Å². The molecule has 21 heavy (non-hydrogen) atoms. The zero-order valence-corrected chi connectivity index (χ0v) is 12.5. The number of fused-ring (bicyclic) bond motifs is 1. The third kappa shape index (κ3) is 1.97. The molecule has 2 heterocycles. The Bertz CT molecular complexity index is 731. The van der Waals surface area contributed by atoms with Gasteiger partial charge in [0.1, 0.15) is 12.1 Å². The van der Waals surface area contributed by atoms with Crippen molar-refractivity contribution in [2.75, 3.05) is 6.61 Å². The summed E-state index contributed by atoms with van der Waals surface area (Å²) in [5, 5.41) is 4.30. The van der Waals surface area contributed by atoms with E-state index in [1.54, 1.807) is 0 Å². The maximum Gasteiger partial charge on any atom is 0.180 e. The van der Waals surface area contributed by atoms with Gasteiger partial charge in [-0.2, -0.15) is 5.10 Å².